The van der Waals surface area contributed by atoms with Crippen molar-refractivity contribution in [3.05, 3.63) is 28.9 Å². The highest BCUT2D eigenvalue weighted by Gasteiger charge is 2.14. The zero-order valence-electron chi connectivity index (χ0n) is 10.2. The molecule has 1 N–H and O–H groups in total. The van der Waals surface area contributed by atoms with Crippen LogP contribution in [-0.4, -0.2) is 16.0 Å². The quantitative estimate of drug-likeness (QED) is 0.906. The van der Waals surface area contributed by atoms with Gasteiger partial charge in [0.25, 0.3) is 0 Å². The van der Waals surface area contributed by atoms with E-state index >= 15 is 0 Å². The van der Waals surface area contributed by atoms with Crippen LogP contribution in [0.15, 0.2) is 28.9 Å². The van der Waals surface area contributed by atoms with Gasteiger partial charge in [0, 0.05) is 22.1 Å². The van der Waals surface area contributed by atoms with Crippen molar-refractivity contribution in [2.45, 2.75) is 38.1 Å². The highest BCUT2D eigenvalue weighted by molar-refractivity contribution is 9.10. The molecule has 0 atom stereocenters. The van der Waals surface area contributed by atoms with Crippen LogP contribution in [0.5, 0.6) is 0 Å². The molecule has 0 aliphatic heterocycles. The van der Waals surface area contributed by atoms with E-state index in [4.69, 9.17) is 0 Å². The number of anilines is 1. The third kappa shape index (κ3) is 2.64. The van der Waals surface area contributed by atoms with E-state index in [1.54, 1.807) is 0 Å². The Balaban J connectivity index is 1.82. The summed E-state index contributed by atoms with van der Waals surface area (Å²) in [4.78, 5) is 8.97. The summed E-state index contributed by atoms with van der Waals surface area (Å²) in [6.07, 6.45) is 8.36. The van der Waals surface area contributed by atoms with Crippen molar-refractivity contribution in [2.24, 2.45) is 0 Å². The molecule has 1 aliphatic carbocycles. The van der Waals surface area contributed by atoms with Crippen molar-refractivity contribution in [2.75, 3.05) is 5.32 Å². The fourth-order valence-corrected chi connectivity index (χ4v) is 2.88. The standard InChI is InChI=1S/C14H16BrN3/c15-11-6-7-13-10(8-11)9-16-14(18-13)17-12-4-2-1-3-5-12/h6-9,12H,1-5H2,(H,16,17,18). The van der Waals surface area contributed by atoms with Gasteiger partial charge in [-0.3, -0.25) is 0 Å². The Morgan fingerprint density at radius 2 is 2.00 bits per heavy atom. The second-order valence-corrected chi connectivity index (χ2v) is 5.79. The number of aromatic nitrogens is 2. The third-order valence-corrected chi connectivity index (χ3v) is 3.97. The molecule has 0 saturated heterocycles. The average Bonchev–Trinajstić information content (AvgIpc) is 2.40. The minimum absolute atomic E-state index is 0.548. The van der Waals surface area contributed by atoms with Crippen LogP contribution in [0.25, 0.3) is 10.9 Å². The molecule has 1 fully saturated rings. The molecule has 0 radical (unpaired) electrons. The lowest BCUT2D eigenvalue weighted by Crippen LogP contribution is -2.23. The van der Waals surface area contributed by atoms with E-state index in [1.165, 1.54) is 32.1 Å². The number of nitrogens with zero attached hydrogens (tertiary/aromatic N) is 2. The van der Waals surface area contributed by atoms with Gasteiger partial charge < -0.3 is 5.32 Å². The lowest BCUT2D eigenvalue weighted by molar-refractivity contribution is 0.461. The van der Waals surface area contributed by atoms with Crippen LogP contribution in [0.4, 0.5) is 5.95 Å². The molecule has 2 aromatic rings. The van der Waals surface area contributed by atoms with Gasteiger partial charge in [-0.1, -0.05) is 35.2 Å². The average molecular weight is 306 g/mol. The highest BCUT2D eigenvalue weighted by Crippen LogP contribution is 2.22. The van der Waals surface area contributed by atoms with Crippen molar-refractivity contribution >= 4 is 32.8 Å². The van der Waals surface area contributed by atoms with Crippen LogP contribution in [0.3, 0.4) is 0 Å². The number of rotatable bonds is 2. The summed E-state index contributed by atoms with van der Waals surface area (Å²) in [7, 11) is 0. The zero-order chi connectivity index (χ0) is 12.4. The van der Waals surface area contributed by atoms with Gasteiger partial charge in [0.15, 0.2) is 0 Å². The van der Waals surface area contributed by atoms with Crippen molar-refractivity contribution in [3.8, 4) is 0 Å². The first-order valence-electron chi connectivity index (χ1n) is 6.50. The predicted octanol–water partition coefficient (Wildman–Crippen LogP) is 4.14. The SMILES string of the molecule is Brc1ccc2nc(NC3CCCCC3)ncc2c1. The molecule has 0 bridgehead atoms. The molecule has 0 spiro atoms. The Morgan fingerprint density at radius 1 is 1.17 bits per heavy atom. The molecule has 3 rings (SSSR count). The first kappa shape index (κ1) is 11.9. The van der Waals surface area contributed by atoms with Crippen molar-refractivity contribution in [3.63, 3.8) is 0 Å². The van der Waals surface area contributed by atoms with E-state index in [2.05, 4.69) is 31.2 Å². The lowest BCUT2D eigenvalue weighted by atomic mass is 9.96. The summed E-state index contributed by atoms with van der Waals surface area (Å²) in [6, 6.07) is 6.62. The molecule has 3 nitrogen and oxygen atoms in total. The molecule has 94 valence electrons. The molecule has 1 heterocycles. The van der Waals surface area contributed by atoms with Crippen LogP contribution in [0.1, 0.15) is 32.1 Å². The molecule has 18 heavy (non-hydrogen) atoms. The van der Waals surface area contributed by atoms with Gasteiger partial charge >= 0.3 is 0 Å². The van der Waals surface area contributed by atoms with Gasteiger partial charge in [-0.05, 0) is 31.0 Å². The van der Waals surface area contributed by atoms with Gasteiger partial charge in [0.1, 0.15) is 0 Å². The van der Waals surface area contributed by atoms with E-state index < -0.39 is 0 Å². The topological polar surface area (TPSA) is 37.8 Å². The first-order chi connectivity index (χ1) is 8.81. The second kappa shape index (κ2) is 5.22. The van der Waals surface area contributed by atoms with Gasteiger partial charge in [0.05, 0.1) is 5.52 Å². The Kier molecular flexibility index (Phi) is 3.46. The molecule has 1 aromatic heterocycles. The van der Waals surface area contributed by atoms with E-state index in [-0.39, 0.29) is 0 Å². The van der Waals surface area contributed by atoms with E-state index in [9.17, 15) is 0 Å². The molecule has 1 aromatic carbocycles. The second-order valence-electron chi connectivity index (χ2n) is 4.88. The van der Waals surface area contributed by atoms with Gasteiger partial charge in [-0.25, -0.2) is 9.97 Å². The van der Waals surface area contributed by atoms with E-state index in [0.29, 0.717) is 6.04 Å². The van der Waals surface area contributed by atoms with E-state index in [0.717, 1.165) is 21.3 Å². The van der Waals surface area contributed by atoms with Crippen LogP contribution in [0.2, 0.25) is 0 Å². The maximum absolute atomic E-state index is 4.57. The molecule has 4 heteroatoms. The maximum Gasteiger partial charge on any atom is 0.223 e. The first-order valence-corrected chi connectivity index (χ1v) is 7.29. The smallest absolute Gasteiger partial charge is 0.223 e. The summed E-state index contributed by atoms with van der Waals surface area (Å²) >= 11 is 3.46. The van der Waals surface area contributed by atoms with Crippen molar-refractivity contribution in [1.82, 2.24) is 9.97 Å². The fraction of sp³-hybridized carbons (Fsp3) is 0.429. The predicted molar refractivity (Wildman–Crippen MR) is 77.7 cm³/mol. The fourth-order valence-electron chi connectivity index (χ4n) is 2.50. The van der Waals surface area contributed by atoms with Crippen molar-refractivity contribution in [1.29, 1.82) is 0 Å². The zero-order valence-corrected chi connectivity index (χ0v) is 11.8. The van der Waals surface area contributed by atoms with E-state index in [1.807, 2.05) is 24.4 Å². The number of fused-ring (bicyclic) bond motifs is 1. The lowest BCUT2D eigenvalue weighted by Gasteiger charge is -2.22. The molecular weight excluding hydrogens is 290 g/mol. The number of hydrogen-bond donors (Lipinski definition) is 1. The van der Waals surface area contributed by atoms with Gasteiger partial charge in [-0.2, -0.15) is 0 Å². The normalized spacial score (nSPS) is 16.9. The summed E-state index contributed by atoms with van der Waals surface area (Å²) in [6.45, 7) is 0. The maximum atomic E-state index is 4.57. The Hall–Kier alpha value is -1.16. The molecule has 0 amide bonds. The molecule has 1 aliphatic rings. The van der Waals surface area contributed by atoms with Gasteiger partial charge in [-0.15, -0.1) is 0 Å². The minimum atomic E-state index is 0.548. The van der Waals surface area contributed by atoms with Gasteiger partial charge in [0.2, 0.25) is 5.95 Å². The van der Waals surface area contributed by atoms with Crippen LogP contribution in [0, 0.1) is 0 Å². The Bertz CT molecular complexity index is 550. The Morgan fingerprint density at radius 3 is 2.83 bits per heavy atom. The molecule has 1 saturated carbocycles. The number of halogens is 1. The largest absolute Gasteiger partial charge is 0.351 e. The molecule has 0 unspecified atom stereocenters. The van der Waals surface area contributed by atoms with Crippen LogP contribution >= 0.6 is 15.9 Å². The number of nitrogens with one attached hydrogen (secondary N) is 1. The van der Waals surface area contributed by atoms with Crippen LogP contribution < -0.4 is 5.32 Å². The summed E-state index contributed by atoms with van der Waals surface area (Å²) in [5.41, 5.74) is 0.992. The number of hydrogen-bond acceptors (Lipinski definition) is 3. The third-order valence-electron chi connectivity index (χ3n) is 3.48. The van der Waals surface area contributed by atoms with Crippen LogP contribution in [-0.2, 0) is 0 Å². The number of benzene rings is 1. The summed E-state index contributed by atoms with van der Waals surface area (Å²) < 4.78 is 1.06. The Labute approximate surface area is 115 Å². The summed E-state index contributed by atoms with van der Waals surface area (Å²) in [5.74, 6) is 0.761. The minimum Gasteiger partial charge on any atom is -0.351 e. The highest BCUT2D eigenvalue weighted by atomic mass is 79.9. The van der Waals surface area contributed by atoms with Crippen molar-refractivity contribution < 1.29 is 0 Å². The summed E-state index contributed by atoms with van der Waals surface area (Å²) in [5, 5.41) is 4.52. The molecular formula is C14H16BrN3. The monoisotopic (exact) mass is 305 g/mol.